The predicted molar refractivity (Wildman–Crippen MR) is 123 cm³/mol. The summed E-state index contributed by atoms with van der Waals surface area (Å²) in [5.41, 5.74) is 1.98. The van der Waals surface area contributed by atoms with Crippen molar-refractivity contribution in [2.45, 2.75) is 13.0 Å². The van der Waals surface area contributed by atoms with Crippen LogP contribution in [0.4, 0.5) is 5.69 Å². The predicted octanol–water partition coefficient (Wildman–Crippen LogP) is 2.29. The van der Waals surface area contributed by atoms with Gasteiger partial charge in [-0.1, -0.05) is 29.8 Å². The van der Waals surface area contributed by atoms with Gasteiger partial charge in [-0.2, -0.15) is 0 Å². The van der Waals surface area contributed by atoms with E-state index in [1.165, 1.54) is 5.69 Å². The first-order valence-electron chi connectivity index (χ1n) is 10.5. The summed E-state index contributed by atoms with van der Waals surface area (Å²) in [7, 11) is 1.67. The van der Waals surface area contributed by atoms with Gasteiger partial charge in [-0.3, -0.25) is 14.5 Å². The van der Waals surface area contributed by atoms with Gasteiger partial charge in [0, 0.05) is 50.0 Å². The number of ether oxygens (including phenoxy) is 1. The summed E-state index contributed by atoms with van der Waals surface area (Å²) in [6.07, 6.45) is 0.798. The van der Waals surface area contributed by atoms with E-state index in [4.69, 9.17) is 16.3 Å². The molecule has 0 aromatic heterocycles. The van der Waals surface area contributed by atoms with Crippen molar-refractivity contribution >= 4 is 29.1 Å². The fourth-order valence-electron chi connectivity index (χ4n) is 3.51. The molecule has 1 aliphatic heterocycles. The van der Waals surface area contributed by atoms with Gasteiger partial charge in [-0.15, -0.1) is 0 Å². The standard InChI is InChI=1S/C23H29ClN4O3/c1-31-20-9-7-19(8-10-20)28-15-13-27(14-16-28)12-4-11-25-22(29)23(30)26-17-18-5-2-3-6-21(18)24/h2-3,5-10H,4,11-17H2,1H3,(H,25,29)(H,26,30). The number of amides is 2. The Labute approximate surface area is 188 Å². The molecule has 2 N–H and O–H groups in total. The first kappa shape index (κ1) is 22.9. The third-order valence-electron chi connectivity index (χ3n) is 5.35. The number of nitrogens with zero attached hydrogens (tertiary/aromatic N) is 2. The highest BCUT2D eigenvalue weighted by Gasteiger charge is 2.17. The molecule has 7 nitrogen and oxygen atoms in total. The molecule has 0 radical (unpaired) electrons. The Morgan fingerprint density at radius 3 is 2.32 bits per heavy atom. The molecule has 1 saturated heterocycles. The number of nitrogens with one attached hydrogen (secondary N) is 2. The lowest BCUT2D eigenvalue weighted by Gasteiger charge is -2.36. The lowest BCUT2D eigenvalue weighted by atomic mass is 10.2. The Hall–Kier alpha value is -2.77. The van der Waals surface area contributed by atoms with Gasteiger partial charge in [0.1, 0.15) is 5.75 Å². The second-order valence-corrected chi connectivity index (χ2v) is 7.82. The van der Waals surface area contributed by atoms with Crippen LogP contribution in [0.2, 0.25) is 5.02 Å². The van der Waals surface area contributed by atoms with Crippen molar-refractivity contribution in [3.05, 3.63) is 59.1 Å². The molecule has 1 aliphatic rings. The number of rotatable bonds is 8. The minimum absolute atomic E-state index is 0.227. The van der Waals surface area contributed by atoms with Crippen LogP contribution in [0, 0.1) is 0 Å². The second-order valence-electron chi connectivity index (χ2n) is 7.41. The number of methoxy groups -OCH3 is 1. The highest BCUT2D eigenvalue weighted by atomic mass is 35.5. The van der Waals surface area contributed by atoms with Crippen LogP contribution >= 0.6 is 11.6 Å². The SMILES string of the molecule is COc1ccc(N2CCN(CCCNC(=O)C(=O)NCc3ccccc3Cl)CC2)cc1. The van der Waals surface area contributed by atoms with Gasteiger partial charge in [0.15, 0.2) is 0 Å². The molecule has 31 heavy (non-hydrogen) atoms. The van der Waals surface area contributed by atoms with E-state index < -0.39 is 11.8 Å². The van der Waals surface area contributed by atoms with Gasteiger partial charge in [-0.25, -0.2) is 0 Å². The summed E-state index contributed by atoms with van der Waals surface area (Å²) in [4.78, 5) is 28.6. The zero-order valence-electron chi connectivity index (χ0n) is 17.8. The van der Waals surface area contributed by atoms with Crippen molar-refractivity contribution in [3.63, 3.8) is 0 Å². The number of carbonyl (C=O) groups is 2. The average molecular weight is 445 g/mol. The van der Waals surface area contributed by atoms with Gasteiger partial charge >= 0.3 is 11.8 Å². The first-order valence-corrected chi connectivity index (χ1v) is 10.9. The molecule has 1 heterocycles. The molecule has 2 amide bonds. The molecular weight excluding hydrogens is 416 g/mol. The van der Waals surface area contributed by atoms with E-state index in [0.29, 0.717) is 11.6 Å². The molecule has 0 aliphatic carbocycles. The Morgan fingerprint density at radius 1 is 0.968 bits per heavy atom. The Morgan fingerprint density at radius 2 is 1.65 bits per heavy atom. The lowest BCUT2D eigenvalue weighted by Crippen LogP contribution is -2.47. The van der Waals surface area contributed by atoms with Crippen LogP contribution in [0.15, 0.2) is 48.5 Å². The van der Waals surface area contributed by atoms with Crippen LogP contribution in [0.1, 0.15) is 12.0 Å². The van der Waals surface area contributed by atoms with Crippen LogP contribution in [0.5, 0.6) is 5.75 Å². The minimum atomic E-state index is -0.645. The third-order valence-corrected chi connectivity index (χ3v) is 5.72. The molecule has 0 atom stereocenters. The molecule has 0 saturated carbocycles. The quantitative estimate of drug-likeness (QED) is 0.482. The number of benzene rings is 2. The van der Waals surface area contributed by atoms with Crippen LogP contribution in [0.25, 0.3) is 0 Å². The Bertz CT molecular complexity index is 867. The van der Waals surface area contributed by atoms with Gasteiger partial charge in [0.25, 0.3) is 0 Å². The molecule has 0 unspecified atom stereocenters. The van der Waals surface area contributed by atoms with Gasteiger partial charge < -0.3 is 20.3 Å². The molecule has 1 fully saturated rings. The summed E-state index contributed by atoms with van der Waals surface area (Å²) in [6.45, 7) is 5.45. The van der Waals surface area contributed by atoms with Crippen molar-refractivity contribution < 1.29 is 14.3 Å². The fraction of sp³-hybridized carbons (Fsp3) is 0.391. The molecular formula is C23H29ClN4O3. The molecule has 8 heteroatoms. The highest BCUT2D eigenvalue weighted by Crippen LogP contribution is 2.20. The van der Waals surface area contributed by atoms with E-state index in [-0.39, 0.29) is 6.54 Å². The summed E-state index contributed by atoms with van der Waals surface area (Å²) in [5.74, 6) is -0.397. The van der Waals surface area contributed by atoms with E-state index in [1.807, 2.05) is 30.3 Å². The molecule has 2 aromatic carbocycles. The van der Waals surface area contributed by atoms with E-state index in [0.717, 1.165) is 50.5 Å². The van der Waals surface area contributed by atoms with Crippen molar-refractivity contribution in [2.24, 2.45) is 0 Å². The van der Waals surface area contributed by atoms with Gasteiger partial charge in [-0.05, 0) is 48.9 Å². The number of anilines is 1. The van der Waals surface area contributed by atoms with Crippen LogP contribution in [-0.4, -0.2) is 63.1 Å². The van der Waals surface area contributed by atoms with Crippen molar-refractivity contribution in [2.75, 3.05) is 51.3 Å². The van der Waals surface area contributed by atoms with Crippen LogP contribution in [-0.2, 0) is 16.1 Å². The van der Waals surface area contributed by atoms with Crippen molar-refractivity contribution in [1.29, 1.82) is 0 Å². The van der Waals surface area contributed by atoms with E-state index in [1.54, 1.807) is 13.2 Å². The average Bonchev–Trinajstić information content (AvgIpc) is 2.81. The number of halogens is 1. The summed E-state index contributed by atoms with van der Waals surface area (Å²) < 4.78 is 5.21. The normalized spacial score (nSPS) is 14.2. The summed E-state index contributed by atoms with van der Waals surface area (Å²) in [5, 5.41) is 5.85. The largest absolute Gasteiger partial charge is 0.497 e. The maximum Gasteiger partial charge on any atom is 0.309 e. The zero-order valence-corrected chi connectivity index (χ0v) is 18.5. The third kappa shape index (κ3) is 6.87. The van der Waals surface area contributed by atoms with Crippen molar-refractivity contribution in [3.8, 4) is 5.75 Å². The minimum Gasteiger partial charge on any atom is -0.497 e. The fourth-order valence-corrected chi connectivity index (χ4v) is 3.71. The lowest BCUT2D eigenvalue weighted by molar-refractivity contribution is -0.139. The number of hydrogen-bond acceptors (Lipinski definition) is 5. The summed E-state index contributed by atoms with van der Waals surface area (Å²) in [6, 6.07) is 15.4. The van der Waals surface area contributed by atoms with Crippen LogP contribution in [0.3, 0.4) is 0 Å². The monoisotopic (exact) mass is 444 g/mol. The van der Waals surface area contributed by atoms with Crippen LogP contribution < -0.4 is 20.3 Å². The smallest absolute Gasteiger partial charge is 0.309 e. The number of carbonyl (C=O) groups excluding carboxylic acids is 2. The molecule has 0 bridgehead atoms. The molecule has 2 aromatic rings. The van der Waals surface area contributed by atoms with Gasteiger partial charge in [0.05, 0.1) is 7.11 Å². The Kier molecular flexibility index (Phi) is 8.55. The maximum absolute atomic E-state index is 12.0. The summed E-state index contributed by atoms with van der Waals surface area (Å²) >= 11 is 6.06. The highest BCUT2D eigenvalue weighted by molar-refractivity contribution is 6.35. The Balaban J connectivity index is 1.29. The first-order chi connectivity index (χ1) is 15.1. The topological polar surface area (TPSA) is 73.9 Å². The second kappa shape index (κ2) is 11.6. The molecule has 3 rings (SSSR count). The maximum atomic E-state index is 12.0. The van der Waals surface area contributed by atoms with Gasteiger partial charge in [0.2, 0.25) is 0 Å². The molecule has 166 valence electrons. The van der Waals surface area contributed by atoms with E-state index >= 15 is 0 Å². The number of hydrogen-bond donors (Lipinski definition) is 2. The molecule has 0 spiro atoms. The van der Waals surface area contributed by atoms with Crippen molar-refractivity contribution in [1.82, 2.24) is 15.5 Å². The zero-order chi connectivity index (χ0) is 22.1. The number of piperazine rings is 1. The van der Waals surface area contributed by atoms with E-state index in [2.05, 4.69) is 32.6 Å². The van der Waals surface area contributed by atoms with E-state index in [9.17, 15) is 9.59 Å².